The number of nitrogens with one attached hydrogen (secondary N) is 1. The number of amides is 1. The summed E-state index contributed by atoms with van der Waals surface area (Å²) in [4.78, 5) is 12.1. The first kappa shape index (κ1) is 17.8. The molecule has 0 aromatic heterocycles. The van der Waals surface area contributed by atoms with Crippen LogP contribution in [0.15, 0.2) is 18.2 Å². The number of aliphatic hydroxyl groups is 2. The van der Waals surface area contributed by atoms with Crippen LogP contribution in [0, 0.1) is 11.6 Å². The van der Waals surface area contributed by atoms with Gasteiger partial charge in [0, 0.05) is 0 Å². The zero-order chi connectivity index (χ0) is 17.0. The van der Waals surface area contributed by atoms with E-state index in [1.165, 1.54) is 6.07 Å². The Kier molecular flexibility index (Phi) is 5.70. The quantitative estimate of drug-likeness (QED) is 0.778. The monoisotopic (exact) mass is 327 g/mol. The summed E-state index contributed by atoms with van der Waals surface area (Å²) < 4.78 is 26.1. The summed E-state index contributed by atoms with van der Waals surface area (Å²) >= 11 is 0. The maximum absolute atomic E-state index is 13.2. The van der Waals surface area contributed by atoms with Gasteiger partial charge in [-0.2, -0.15) is 0 Å². The minimum Gasteiger partial charge on any atom is -0.389 e. The lowest BCUT2D eigenvalue weighted by molar-refractivity contribution is -0.128. The molecule has 1 aliphatic rings. The average Bonchev–Trinajstić information content (AvgIpc) is 2.49. The molecule has 6 heteroatoms. The van der Waals surface area contributed by atoms with Gasteiger partial charge in [-0.05, 0) is 37.5 Å². The second kappa shape index (κ2) is 7.36. The van der Waals surface area contributed by atoms with E-state index in [-0.39, 0.29) is 17.9 Å². The molecule has 0 radical (unpaired) electrons. The van der Waals surface area contributed by atoms with Crippen molar-refractivity contribution in [2.24, 2.45) is 0 Å². The van der Waals surface area contributed by atoms with Gasteiger partial charge in [0.1, 0.15) is 0 Å². The van der Waals surface area contributed by atoms with Crippen molar-refractivity contribution < 1.29 is 23.8 Å². The van der Waals surface area contributed by atoms with Gasteiger partial charge in [-0.3, -0.25) is 4.79 Å². The van der Waals surface area contributed by atoms with E-state index in [0.717, 1.165) is 31.4 Å². The maximum Gasteiger partial charge on any atom is 0.223 e. The summed E-state index contributed by atoms with van der Waals surface area (Å²) in [5, 5.41) is 23.1. The van der Waals surface area contributed by atoms with Gasteiger partial charge in [0.15, 0.2) is 11.6 Å². The van der Waals surface area contributed by atoms with Crippen LogP contribution in [0.1, 0.15) is 57.1 Å². The fourth-order valence-electron chi connectivity index (χ4n) is 3.05. The van der Waals surface area contributed by atoms with Crippen molar-refractivity contribution in [3.8, 4) is 0 Å². The van der Waals surface area contributed by atoms with Crippen LogP contribution in [0.3, 0.4) is 0 Å². The summed E-state index contributed by atoms with van der Waals surface area (Å²) in [7, 11) is 0. The molecule has 0 spiro atoms. The molecule has 1 aliphatic carbocycles. The summed E-state index contributed by atoms with van der Waals surface area (Å²) in [6.45, 7) is 1.58. The molecule has 0 aliphatic heterocycles. The lowest BCUT2D eigenvalue weighted by Gasteiger charge is -2.32. The van der Waals surface area contributed by atoms with Crippen molar-refractivity contribution in [2.75, 3.05) is 0 Å². The predicted octanol–water partition coefficient (Wildman–Crippen LogP) is 2.59. The molecular weight excluding hydrogens is 304 g/mol. The van der Waals surface area contributed by atoms with Gasteiger partial charge >= 0.3 is 0 Å². The molecule has 3 N–H and O–H groups in total. The molecule has 128 valence electrons. The van der Waals surface area contributed by atoms with Gasteiger partial charge in [0.2, 0.25) is 5.91 Å². The van der Waals surface area contributed by atoms with Crippen LogP contribution < -0.4 is 5.32 Å². The lowest BCUT2D eigenvalue weighted by atomic mass is 9.82. The van der Waals surface area contributed by atoms with E-state index in [2.05, 4.69) is 5.32 Å². The first-order chi connectivity index (χ1) is 10.8. The van der Waals surface area contributed by atoms with E-state index < -0.39 is 29.4 Å². The molecule has 1 aromatic carbocycles. The molecule has 2 rings (SSSR count). The second-order valence-corrected chi connectivity index (χ2v) is 6.44. The molecule has 1 aromatic rings. The maximum atomic E-state index is 13.2. The van der Waals surface area contributed by atoms with E-state index in [0.29, 0.717) is 12.8 Å². The fourth-order valence-corrected chi connectivity index (χ4v) is 3.05. The van der Waals surface area contributed by atoms with Crippen LogP contribution >= 0.6 is 0 Å². The van der Waals surface area contributed by atoms with Crippen LogP contribution in [0.25, 0.3) is 0 Å². The molecule has 2 unspecified atom stereocenters. The number of benzene rings is 1. The Morgan fingerprint density at radius 2 is 1.91 bits per heavy atom. The normalized spacial score (nSPS) is 19.9. The number of hydrogen-bond acceptors (Lipinski definition) is 3. The molecule has 2 atom stereocenters. The van der Waals surface area contributed by atoms with Crippen LogP contribution in [-0.2, 0) is 4.79 Å². The Morgan fingerprint density at radius 1 is 1.26 bits per heavy atom. The number of carbonyl (C=O) groups excluding carboxylic acids is 1. The van der Waals surface area contributed by atoms with Crippen molar-refractivity contribution in [3.63, 3.8) is 0 Å². The van der Waals surface area contributed by atoms with Crippen molar-refractivity contribution >= 4 is 5.91 Å². The SMILES string of the molecule is CC(NC(=O)CC1(O)CCCCC1)C(O)c1ccc(F)c(F)c1. The molecule has 1 amide bonds. The highest BCUT2D eigenvalue weighted by Crippen LogP contribution is 2.31. The number of rotatable bonds is 5. The minimum absolute atomic E-state index is 0.0121. The molecule has 23 heavy (non-hydrogen) atoms. The Morgan fingerprint density at radius 3 is 2.52 bits per heavy atom. The summed E-state index contributed by atoms with van der Waals surface area (Å²) in [6, 6.07) is 2.45. The smallest absolute Gasteiger partial charge is 0.223 e. The van der Waals surface area contributed by atoms with E-state index in [1.807, 2.05) is 0 Å². The molecule has 4 nitrogen and oxygen atoms in total. The van der Waals surface area contributed by atoms with Crippen molar-refractivity contribution in [3.05, 3.63) is 35.4 Å². The summed E-state index contributed by atoms with van der Waals surface area (Å²) in [5.41, 5.74) is -0.789. The standard InChI is InChI=1S/C17H23F2NO3/c1-11(16(22)12-5-6-13(18)14(19)9-12)20-15(21)10-17(23)7-3-2-4-8-17/h5-6,9,11,16,22-23H,2-4,7-8,10H2,1H3,(H,20,21). The van der Waals surface area contributed by atoms with E-state index in [9.17, 15) is 23.8 Å². The number of aliphatic hydroxyl groups excluding tert-OH is 1. The zero-order valence-corrected chi connectivity index (χ0v) is 13.2. The summed E-state index contributed by atoms with van der Waals surface area (Å²) in [6.07, 6.45) is 2.89. The molecule has 0 bridgehead atoms. The molecule has 1 saturated carbocycles. The average molecular weight is 327 g/mol. The number of hydrogen-bond donors (Lipinski definition) is 3. The summed E-state index contributed by atoms with van der Waals surface area (Å²) in [5.74, 6) is -2.39. The first-order valence-corrected chi connectivity index (χ1v) is 7.95. The zero-order valence-electron chi connectivity index (χ0n) is 13.2. The number of halogens is 2. The highest BCUT2D eigenvalue weighted by Gasteiger charge is 2.32. The first-order valence-electron chi connectivity index (χ1n) is 7.95. The van der Waals surface area contributed by atoms with Crippen LogP contribution in [0.2, 0.25) is 0 Å². The van der Waals surface area contributed by atoms with Crippen LogP contribution in [0.4, 0.5) is 8.78 Å². The Hall–Kier alpha value is -1.53. The van der Waals surface area contributed by atoms with E-state index in [1.54, 1.807) is 6.92 Å². The highest BCUT2D eigenvalue weighted by atomic mass is 19.2. The Bertz CT molecular complexity index is 559. The van der Waals surface area contributed by atoms with Gasteiger partial charge in [0.25, 0.3) is 0 Å². The highest BCUT2D eigenvalue weighted by molar-refractivity contribution is 5.77. The minimum atomic E-state index is -1.16. The fraction of sp³-hybridized carbons (Fsp3) is 0.588. The van der Waals surface area contributed by atoms with Gasteiger partial charge in [-0.15, -0.1) is 0 Å². The third-order valence-electron chi connectivity index (χ3n) is 4.42. The topological polar surface area (TPSA) is 69.6 Å². The molecule has 1 fully saturated rings. The Labute approximate surface area is 134 Å². The molecule has 0 saturated heterocycles. The third kappa shape index (κ3) is 4.72. The van der Waals surface area contributed by atoms with Gasteiger partial charge in [-0.25, -0.2) is 8.78 Å². The van der Waals surface area contributed by atoms with Gasteiger partial charge < -0.3 is 15.5 Å². The van der Waals surface area contributed by atoms with Crippen molar-refractivity contribution in [1.82, 2.24) is 5.32 Å². The largest absolute Gasteiger partial charge is 0.389 e. The molecule has 0 heterocycles. The lowest BCUT2D eigenvalue weighted by Crippen LogP contribution is -2.43. The van der Waals surface area contributed by atoms with Gasteiger partial charge in [0.05, 0.1) is 24.2 Å². The molecular formula is C17H23F2NO3. The van der Waals surface area contributed by atoms with Crippen LogP contribution in [-0.4, -0.2) is 27.8 Å². The van der Waals surface area contributed by atoms with Crippen molar-refractivity contribution in [2.45, 2.75) is 63.2 Å². The Balaban J connectivity index is 1.93. The third-order valence-corrected chi connectivity index (χ3v) is 4.42. The number of carbonyl (C=O) groups is 1. The predicted molar refractivity (Wildman–Crippen MR) is 81.6 cm³/mol. The van der Waals surface area contributed by atoms with Crippen LogP contribution in [0.5, 0.6) is 0 Å². The van der Waals surface area contributed by atoms with Gasteiger partial charge in [-0.1, -0.05) is 25.3 Å². The van der Waals surface area contributed by atoms with E-state index >= 15 is 0 Å². The van der Waals surface area contributed by atoms with E-state index in [4.69, 9.17) is 0 Å². The van der Waals surface area contributed by atoms with Crippen molar-refractivity contribution in [1.29, 1.82) is 0 Å². The second-order valence-electron chi connectivity index (χ2n) is 6.44.